The predicted octanol–water partition coefficient (Wildman–Crippen LogP) is 0.910. The first kappa shape index (κ1) is 13.5. The number of rotatable bonds is 3. The molecule has 0 saturated heterocycles. The van der Waals surface area contributed by atoms with E-state index in [4.69, 9.17) is 11.1 Å². The molecule has 20 heavy (non-hydrogen) atoms. The Morgan fingerprint density at radius 2 is 2.05 bits per heavy atom. The highest BCUT2D eigenvalue weighted by Gasteiger charge is 2.17. The molecule has 100 valence electrons. The van der Waals surface area contributed by atoms with Crippen LogP contribution >= 0.6 is 0 Å². The normalized spacial score (nSPS) is 9.65. The van der Waals surface area contributed by atoms with E-state index in [-0.39, 0.29) is 11.6 Å². The zero-order valence-corrected chi connectivity index (χ0v) is 10.7. The number of amides is 1. The molecule has 0 radical (unpaired) electrons. The molecule has 2 rings (SSSR count). The molecule has 0 unspecified atom stereocenters. The number of nitrogens with two attached hydrogens (primary N) is 1. The Kier molecular flexibility index (Phi) is 3.88. The minimum atomic E-state index is -0.358. The first-order chi connectivity index (χ1) is 9.67. The third-order valence-corrected chi connectivity index (χ3v) is 2.72. The molecule has 1 amide bonds. The Bertz CT molecular complexity index is 661. The number of nitriles is 1. The van der Waals surface area contributed by atoms with Crippen molar-refractivity contribution in [3.8, 4) is 6.07 Å². The summed E-state index contributed by atoms with van der Waals surface area (Å²) in [6.07, 6.45) is 0. The van der Waals surface area contributed by atoms with Crippen LogP contribution in [0, 0.1) is 11.3 Å². The molecule has 1 aromatic carbocycles. The first-order valence-electron chi connectivity index (χ1n) is 5.75. The van der Waals surface area contributed by atoms with Gasteiger partial charge in [0.15, 0.2) is 11.5 Å². The van der Waals surface area contributed by atoms with Gasteiger partial charge < -0.3 is 10.3 Å². The topological polar surface area (TPSA) is 108 Å². The molecule has 7 nitrogen and oxygen atoms in total. The van der Waals surface area contributed by atoms with Crippen molar-refractivity contribution in [3.63, 3.8) is 0 Å². The number of carbonyl (C=O) groups excluding carboxylic acids is 1. The lowest BCUT2D eigenvalue weighted by Gasteiger charge is -2.17. The van der Waals surface area contributed by atoms with Gasteiger partial charge in [-0.2, -0.15) is 5.26 Å². The highest BCUT2D eigenvalue weighted by atomic mass is 16.2. The number of benzene rings is 1. The Balaban J connectivity index is 2.30. The monoisotopic (exact) mass is 268 g/mol. The van der Waals surface area contributed by atoms with E-state index in [0.29, 0.717) is 17.1 Å². The van der Waals surface area contributed by atoms with Crippen LogP contribution in [0.2, 0.25) is 0 Å². The Morgan fingerprint density at radius 1 is 1.30 bits per heavy atom. The fourth-order valence-corrected chi connectivity index (χ4v) is 1.67. The van der Waals surface area contributed by atoms with Crippen molar-refractivity contribution >= 4 is 17.4 Å². The summed E-state index contributed by atoms with van der Waals surface area (Å²) in [7, 11) is 1.58. The van der Waals surface area contributed by atoms with E-state index in [2.05, 4.69) is 15.6 Å². The second kappa shape index (κ2) is 5.77. The maximum atomic E-state index is 12.3. The minimum Gasteiger partial charge on any atom is -0.309 e. The zero-order valence-electron chi connectivity index (χ0n) is 10.7. The molecule has 0 saturated carbocycles. The number of nitrogens with one attached hydrogen (secondary N) is 1. The molecular formula is C13H12N6O. The molecule has 1 heterocycles. The highest BCUT2D eigenvalue weighted by molar-refractivity contribution is 6.05. The van der Waals surface area contributed by atoms with Crippen LogP contribution in [-0.4, -0.2) is 23.2 Å². The van der Waals surface area contributed by atoms with Gasteiger partial charge in [-0.25, -0.2) is 5.84 Å². The molecule has 0 atom stereocenters. The molecule has 7 heteroatoms. The van der Waals surface area contributed by atoms with Crippen molar-refractivity contribution in [1.29, 1.82) is 5.26 Å². The van der Waals surface area contributed by atoms with Gasteiger partial charge in [0.1, 0.15) is 6.07 Å². The van der Waals surface area contributed by atoms with Crippen molar-refractivity contribution < 1.29 is 4.79 Å². The quantitative estimate of drug-likeness (QED) is 0.632. The lowest BCUT2D eigenvalue weighted by molar-refractivity contribution is 0.0987. The van der Waals surface area contributed by atoms with Gasteiger partial charge in [0.05, 0.1) is 11.3 Å². The summed E-state index contributed by atoms with van der Waals surface area (Å²) in [6.45, 7) is 0. The molecule has 0 spiro atoms. The smallest absolute Gasteiger partial charge is 0.278 e. The zero-order chi connectivity index (χ0) is 14.5. The van der Waals surface area contributed by atoms with E-state index in [9.17, 15) is 4.79 Å². The Labute approximate surface area is 115 Å². The van der Waals surface area contributed by atoms with E-state index in [1.165, 1.54) is 11.0 Å². The van der Waals surface area contributed by atoms with Gasteiger partial charge in [-0.1, -0.05) is 12.1 Å². The van der Waals surface area contributed by atoms with E-state index >= 15 is 0 Å². The first-order valence-corrected chi connectivity index (χ1v) is 5.75. The maximum Gasteiger partial charge on any atom is 0.278 e. The predicted molar refractivity (Wildman–Crippen MR) is 73.7 cm³/mol. The molecule has 0 aliphatic rings. The summed E-state index contributed by atoms with van der Waals surface area (Å²) < 4.78 is 0. The molecule has 0 aliphatic heterocycles. The Morgan fingerprint density at radius 3 is 2.65 bits per heavy atom. The van der Waals surface area contributed by atoms with Crippen molar-refractivity contribution in [1.82, 2.24) is 10.2 Å². The van der Waals surface area contributed by atoms with Gasteiger partial charge in [-0.05, 0) is 24.3 Å². The van der Waals surface area contributed by atoms with Crippen LogP contribution in [0.25, 0.3) is 0 Å². The fourth-order valence-electron chi connectivity index (χ4n) is 1.67. The standard InChI is InChI=1S/C13H12N6O/c1-19(11-5-3-2-4-9(11)8-14)13(20)10-6-7-12(16-15)18-17-10/h2-7H,15H2,1H3,(H,16,18). The van der Waals surface area contributed by atoms with Crippen LogP contribution in [0.3, 0.4) is 0 Å². The number of nitrogens with zero attached hydrogens (tertiary/aromatic N) is 4. The SMILES string of the molecule is CN(C(=O)c1ccc(NN)nn1)c1ccccc1C#N. The summed E-state index contributed by atoms with van der Waals surface area (Å²) in [4.78, 5) is 13.6. The second-order valence-corrected chi connectivity index (χ2v) is 3.94. The summed E-state index contributed by atoms with van der Waals surface area (Å²) in [5.41, 5.74) is 3.43. The molecule has 0 bridgehead atoms. The number of nitrogen functional groups attached to an aromatic ring is 1. The van der Waals surface area contributed by atoms with E-state index < -0.39 is 0 Å². The molecule has 1 aromatic heterocycles. The van der Waals surface area contributed by atoms with E-state index in [1.54, 1.807) is 37.4 Å². The van der Waals surface area contributed by atoms with Gasteiger partial charge in [0.25, 0.3) is 5.91 Å². The van der Waals surface area contributed by atoms with Crippen LogP contribution in [0.1, 0.15) is 16.1 Å². The van der Waals surface area contributed by atoms with Crippen LogP contribution < -0.4 is 16.2 Å². The number of anilines is 2. The van der Waals surface area contributed by atoms with Crippen molar-refractivity contribution in [2.24, 2.45) is 5.84 Å². The summed E-state index contributed by atoms with van der Waals surface area (Å²) in [5.74, 6) is 5.19. The minimum absolute atomic E-state index is 0.166. The number of aromatic nitrogens is 2. The van der Waals surface area contributed by atoms with Gasteiger partial charge >= 0.3 is 0 Å². The van der Waals surface area contributed by atoms with Gasteiger partial charge in [-0.15, -0.1) is 10.2 Å². The summed E-state index contributed by atoms with van der Waals surface area (Å²) in [5, 5.41) is 16.6. The Hall–Kier alpha value is -2.98. The van der Waals surface area contributed by atoms with Gasteiger partial charge in [0.2, 0.25) is 0 Å². The lowest BCUT2D eigenvalue weighted by Crippen LogP contribution is -2.28. The molecule has 0 aliphatic carbocycles. The largest absolute Gasteiger partial charge is 0.309 e. The van der Waals surface area contributed by atoms with Crippen LogP contribution in [-0.2, 0) is 0 Å². The molecule has 0 fully saturated rings. The highest BCUT2D eigenvalue weighted by Crippen LogP contribution is 2.19. The van der Waals surface area contributed by atoms with E-state index in [0.717, 1.165) is 0 Å². The molecule has 3 N–H and O–H groups in total. The number of carbonyl (C=O) groups is 1. The van der Waals surface area contributed by atoms with Crippen LogP contribution in [0.5, 0.6) is 0 Å². The number of para-hydroxylation sites is 1. The molecule has 2 aromatic rings. The summed E-state index contributed by atoms with van der Waals surface area (Å²) >= 11 is 0. The summed E-state index contributed by atoms with van der Waals surface area (Å²) in [6, 6.07) is 11.9. The van der Waals surface area contributed by atoms with Gasteiger partial charge in [-0.3, -0.25) is 4.79 Å². The fraction of sp³-hybridized carbons (Fsp3) is 0.0769. The van der Waals surface area contributed by atoms with Gasteiger partial charge in [0, 0.05) is 7.05 Å². The second-order valence-electron chi connectivity index (χ2n) is 3.94. The third-order valence-electron chi connectivity index (χ3n) is 2.72. The third kappa shape index (κ3) is 2.55. The van der Waals surface area contributed by atoms with Crippen LogP contribution in [0.15, 0.2) is 36.4 Å². The van der Waals surface area contributed by atoms with Crippen molar-refractivity contribution in [3.05, 3.63) is 47.7 Å². The van der Waals surface area contributed by atoms with E-state index in [1.807, 2.05) is 6.07 Å². The number of hydrazine groups is 1. The number of hydrogen-bond donors (Lipinski definition) is 2. The van der Waals surface area contributed by atoms with Crippen molar-refractivity contribution in [2.75, 3.05) is 17.4 Å². The maximum absolute atomic E-state index is 12.3. The number of hydrogen-bond acceptors (Lipinski definition) is 6. The van der Waals surface area contributed by atoms with Crippen molar-refractivity contribution in [2.45, 2.75) is 0 Å². The average Bonchev–Trinajstić information content (AvgIpc) is 2.53. The lowest BCUT2D eigenvalue weighted by atomic mass is 10.1. The van der Waals surface area contributed by atoms with Crippen LogP contribution in [0.4, 0.5) is 11.5 Å². The molecular weight excluding hydrogens is 256 g/mol. The average molecular weight is 268 g/mol.